The summed E-state index contributed by atoms with van der Waals surface area (Å²) in [7, 11) is 0. The third-order valence-corrected chi connectivity index (χ3v) is 6.68. The summed E-state index contributed by atoms with van der Waals surface area (Å²) in [5.41, 5.74) is 2.50. The Morgan fingerprint density at radius 3 is 1.14 bits per heavy atom. The van der Waals surface area contributed by atoms with Crippen LogP contribution >= 0.6 is 0 Å². The van der Waals surface area contributed by atoms with Gasteiger partial charge in [0.05, 0.1) is 26.4 Å². The largest absolute Gasteiger partial charge is 0.348 e. The van der Waals surface area contributed by atoms with E-state index in [1.807, 2.05) is 36.4 Å². The van der Waals surface area contributed by atoms with E-state index in [4.69, 9.17) is 18.9 Å². The predicted molar refractivity (Wildman–Crippen MR) is 106 cm³/mol. The van der Waals surface area contributed by atoms with Crippen molar-refractivity contribution in [3.63, 3.8) is 0 Å². The molecule has 0 amide bonds. The van der Waals surface area contributed by atoms with Crippen molar-refractivity contribution in [1.29, 1.82) is 0 Å². The van der Waals surface area contributed by atoms with Gasteiger partial charge in [-0.25, -0.2) is 0 Å². The molecule has 0 radical (unpaired) electrons. The maximum atomic E-state index is 6.12. The SMILES string of the molecule is c1ccc(C2OCC3(CCC4(CC3)COC(c3ccccc3)OC4)CO2)cc1. The van der Waals surface area contributed by atoms with Crippen LogP contribution in [-0.4, -0.2) is 26.4 Å². The quantitative estimate of drug-likeness (QED) is 0.733. The van der Waals surface area contributed by atoms with Gasteiger partial charge in [-0.15, -0.1) is 0 Å². The number of hydrogen-bond donors (Lipinski definition) is 0. The molecule has 0 unspecified atom stereocenters. The van der Waals surface area contributed by atoms with Gasteiger partial charge in [-0.2, -0.15) is 0 Å². The average Bonchev–Trinajstić information content (AvgIpc) is 2.79. The molecular formula is C24H28O4. The van der Waals surface area contributed by atoms with Gasteiger partial charge in [-0.05, 0) is 25.7 Å². The molecule has 4 nitrogen and oxygen atoms in total. The van der Waals surface area contributed by atoms with E-state index in [1.165, 1.54) is 0 Å². The van der Waals surface area contributed by atoms with Gasteiger partial charge >= 0.3 is 0 Å². The lowest BCUT2D eigenvalue weighted by atomic mass is 9.64. The second-order valence-corrected chi connectivity index (χ2v) is 8.73. The summed E-state index contributed by atoms with van der Waals surface area (Å²) in [6, 6.07) is 20.4. The van der Waals surface area contributed by atoms with Crippen LogP contribution in [0.25, 0.3) is 0 Å². The minimum atomic E-state index is -0.226. The fourth-order valence-electron chi connectivity index (χ4n) is 4.68. The molecular weight excluding hydrogens is 352 g/mol. The monoisotopic (exact) mass is 380 g/mol. The average molecular weight is 380 g/mol. The summed E-state index contributed by atoms with van der Waals surface area (Å²) in [6.07, 6.45) is 3.98. The minimum absolute atomic E-state index is 0.146. The third kappa shape index (κ3) is 3.62. The van der Waals surface area contributed by atoms with Gasteiger partial charge < -0.3 is 18.9 Å². The first-order chi connectivity index (χ1) is 13.8. The van der Waals surface area contributed by atoms with Crippen molar-refractivity contribution >= 4 is 0 Å². The molecule has 5 rings (SSSR count). The first-order valence-electron chi connectivity index (χ1n) is 10.3. The molecule has 1 saturated carbocycles. The highest BCUT2D eigenvalue weighted by molar-refractivity contribution is 5.17. The summed E-state index contributed by atoms with van der Waals surface area (Å²) < 4.78 is 24.5. The van der Waals surface area contributed by atoms with Crippen LogP contribution in [0.2, 0.25) is 0 Å². The molecule has 3 aliphatic rings. The molecule has 0 N–H and O–H groups in total. The Morgan fingerprint density at radius 2 is 0.821 bits per heavy atom. The second kappa shape index (κ2) is 7.60. The highest BCUT2D eigenvalue weighted by Crippen LogP contribution is 2.50. The number of hydrogen-bond acceptors (Lipinski definition) is 4. The molecule has 1 aliphatic carbocycles. The van der Waals surface area contributed by atoms with E-state index >= 15 is 0 Å². The Kier molecular flexibility index (Phi) is 4.97. The van der Waals surface area contributed by atoms with Crippen LogP contribution in [0.3, 0.4) is 0 Å². The molecule has 2 aromatic carbocycles. The molecule has 0 atom stereocenters. The maximum absolute atomic E-state index is 6.12. The fraction of sp³-hybridized carbons (Fsp3) is 0.500. The summed E-state index contributed by atoms with van der Waals surface area (Å²) in [6.45, 7) is 3.10. The molecule has 3 fully saturated rings. The molecule has 0 aromatic heterocycles. The van der Waals surface area contributed by atoms with Crippen LogP contribution in [0.15, 0.2) is 60.7 Å². The Morgan fingerprint density at radius 1 is 0.500 bits per heavy atom. The van der Waals surface area contributed by atoms with Crippen molar-refractivity contribution in [2.45, 2.75) is 38.3 Å². The van der Waals surface area contributed by atoms with Gasteiger partial charge in [0, 0.05) is 22.0 Å². The summed E-state index contributed by atoms with van der Waals surface area (Å²) in [4.78, 5) is 0. The number of ether oxygens (including phenoxy) is 4. The Balaban J connectivity index is 1.15. The molecule has 4 heteroatoms. The van der Waals surface area contributed by atoms with E-state index in [0.717, 1.165) is 63.2 Å². The van der Waals surface area contributed by atoms with E-state index in [-0.39, 0.29) is 23.4 Å². The van der Waals surface area contributed by atoms with Crippen LogP contribution < -0.4 is 0 Å². The molecule has 2 aliphatic heterocycles. The lowest BCUT2D eigenvalue weighted by Crippen LogP contribution is -2.48. The van der Waals surface area contributed by atoms with E-state index in [1.54, 1.807) is 0 Å². The van der Waals surface area contributed by atoms with Gasteiger partial charge in [0.1, 0.15) is 0 Å². The number of benzene rings is 2. The van der Waals surface area contributed by atoms with Gasteiger partial charge in [0.15, 0.2) is 12.6 Å². The molecule has 28 heavy (non-hydrogen) atoms. The minimum Gasteiger partial charge on any atom is -0.348 e. The topological polar surface area (TPSA) is 36.9 Å². The van der Waals surface area contributed by atoms with Crippen molar-refractivity contribution in [3.05, 3.63) is 71.8 Å². The lowest BCUT2D eigenvalue weighted by molar-refractivity contribution is -0.268. The zero-order valence-corrected chi connectivity index (χ0v) is 16.2. The Labute approximate surface area is 166 Å². The van der Waals surface area contributed by atoms with E-state index in [2.05, 4.69) is 24.3 Å². The zero-order chi connectivity index (χ0) is 18.9. The van der Waals surface area contributed by atoms with E-state index < -0.39 is 0 Å². The Hall–Kier alpha value is -1.72. The third-order valence-electron chi connectivity index (χ3n) is 6.68. The van der Waals surface area contributed by atoms with Crippen molar-refractivity contribution in [1.82, 2.24) is 0 Å². The fourth-order valence-corrected chi connectivity index (χ4v) is 4.68. The van der Waals surface area contributed by atoms with Gasteiger partial charge in [0.25, 0.3) is 0 Å². The Bertz CT molecular complexity index is 680. The van der Waals surface area contributed by atoms with Crippen molar-refractivity contribution in [2.24, 2.45) is 10.8 Å². The molecule has 2 heterocycles. The first kappa shape index (κ1) is 18.3. The molecule has 2 aromatic rings. The highest BCUT2D eigenvalue weighted by Gasteiger charge is 2.47. The first-order valence-corrected chi connectivity index (χ1v) is 10.3. The maximum Gasteiger partial charge on any atom is 0.183 e. The number of rotatable bonds is 2. The van der Waals surface area contributed by atoms with Crippen LogP contribution in [-0.2, 0) is 18.9 Å². The molecule has 0 bridgehead atoms. The van der Waals surface area contributed by atoms with Gasteiger partial charge in [-0.1, -0.05) is 60.7 Å². The normalized spacial score (nSPS) is 35.9. The smallest absolute Gasteiger partial charge is 0.183 e. The molecule has 2 saturated heterocycles. The predicted octanol–water partition coefficient (Wildman–Crippen LogP) is 5.02. The molecule has 2 spiro atoms. The van der Waals surface area contributed by atoms with Crippen molar-refractivity contribution < 1.29 is 18.9 Å². The second-order valence-electron chi connectivity index (χ2n) is 8.73. The summed E-state index contributed by atoms with van der Waals surface area (Å²) in [5.74, 6) is 0. The van der Waals surface area contributed by atoms with E-state index in [0.29, 0.717) is 0 Å². The van der Waals surface area contributed by atoms with Crippen LogP contribution in [0, 0.1) is 10.8 Å². The lowest BCUT2D eigenvalue weighted by Gasteiger charge is -2.50. The summed E-state index contributed by atoms with van der Waals surface area (Å²) >= 11 is 0. The standard InChI is InChI=1S/C24H28O4/c1-3-7-19(8-4-1)21-25-15-23(16-26-21)11-13-24(14-12-23)17-27-22(28-18-24)20-9-5-2-6-10-20/h1-10,21-22H,11-18H2. The van der Waals surface area contributed by atoms with Gasteiger partial charge in [-0.3, -0.25) is 0 Å². The highest BCUT2D eigenvalue weighted by atomic mass is 16.7. The zero-order valence-electron chi connectivity index (χ0n) is 16.2. The van der Waals surface area contributed by atoms with Crippen molar-refractivity contribution in [2.75, 3.05) is 26.4 Å². The van der Waals surface area contributed by atoms with Crippen LogP contribution in [0.1, 0.15) is 49.4 Å². The molecule has 148 valence electrons. The summed E-state index contributed by atoms with van der Waals surface area (Å²) in [5, 5.41) is 0. The van der Waals surface area contributed by atoms with Gasteiger partial charge in [0.2, 0.25) is 0 Å². The van der Waals surface area contributed by atoms with E-state index in [9.17, 15) is 0 Å². The van der Waals surface area contributed by atoms with Crippen LogP contribution in [0.5, 0.6) is 0 Å². The van der Waals surface area contributed by atoms with Crippen LogP contribution in [0.4, 0.5) is 0 Å². The van der Waals surface area contributed by atoms with Crippen molar-refractivity contribution in [3.8, 4) is 0 Å².